The molecule has 1 aromatic rings. The van der Waals surface area contributed by atoms with E-state index in [1.165, 1.54) is 12.1 Å². The third-order valence-corrected chi connectivity index (χ3v) is 2.53. The molecule has 0 atom stereocenters. The summed E-state index contributed by atoms with van der Waals surface area (Å²) in [6, 6.07) is 2.66. The van der Waals surface area contributed by atoms with Gasteiger partial charge in [-0.3, -0.25) is 4.79 Å². The van der Waals surface area contributed by atoms with Gasteiger partial charge >= 0.3 is 0 Å². The van der Waals surface area contributed by atoms with Crippen molar-refractivity contribution >= 4 is 11.6 Å². The van der Waals surface area contributed by atoms with Crippen LogP contribution in [0, 0.1) is 12.7 Å². The molecule has 0 aliphatic heterocycles. The van der Waals surface area contributed by atoms with Crippen molar-refractivity contribution in [3.8, 4) is 5.75 Å². The predicted octanol–water partition coefficient (Wildman–Crippen LogP) is 1.25. The summed E-state index contributed by atoms with van der Waals surface area (Å²) in [4.78, 5) is 11.4. The maximum absolute atomic E-state index is 13.5. The number of methoxy groups -OCH3 is 1. The topological polar surface area (TPSA) is 73.6 Å². The van der Waals surface area contributed by atoms with E-state index in [1.807, 2.05) is 0 Å². The van der Waals surface area contributed by atoms with Gasteiger partial charge in [0.05, 0.1) is 0 Å². The van der Waals surface area contributed by atoms with Crippen LogP contribution in [0.1, 0.15) is 12.0 Å². The molecule has 1 rings (SSSR count). The predicted molar refractivity (Wildman–Crippen MR) is 70.5 cm³/mol. The summed E-state index contributed by atoms with van der Waals surface area (Å²) in [5.41, 5.74) is 6.61. The molecule has 0 aliphatic carbocycles. The van der Waals surface area contributed by atoms with Gasteiger partial charge in [-0.2, -0.15) is 0 Å². The Morgan fingerprint density at radius 2 is 2.21 bits per heavy atom. The number of carbonyl (C=O) groups excluding carboxylic acids is 1. The fourth-order valence-electron chi connectivity index (χ4n) is 1.42. The lowest BCUT2D eigenvalue weighted by Crippen LogP contribution is -2.30. The average molecular weight is 270 g/mol. The number of anilines is 1. The zero-order chi connectivity index (χ0) is 14.3. The summed E-state index contributed by atoms with van der Waals surface area (Å²) in [5.74, 6) is -0.848. The first kappa shape index (κ1) is 15.2. The molecule has 0 unspecified atom stereocenters. The number of ether oxygens (including phenoxy) is 2. The monoisotopic (exact) mass is 270 g/mol. The molecule has 0 saturated heterocycles. The Morgan fingerprint density at radius 3 is 2.89 bits per heavy atom. The summed E-state index contributed by atoms with van der Waals surface area (Å²) in [5, 5.41) is 2.64. The van der Waals surface area contributed by atoms with E-state index in [2.05, 4.69) is 5.32 Å². The minimum atomic E-state index is -0.574. The number of nitrogen functional groups attached to an aromatic ring is 1. The zero-order valence-corrected chi connectivity index (χ0v) is 11.2. The summed E-state index contributed by atoms with van der Waals surface area (Å²) in [7, 11) is 1.59. The van der Waals surface area contributed by atoms with Crippen molar-refractivity contribution in [1.82, 2.24) is 5.32 Å². The molecule has 5 nitrogen and oxygen atoms in total. The quantitative estimate of drug-likeness (QED) is 0.577. The Labute approximate surface area is 111 Å². The fourth-order valence-corrected chi connectivity index (χ4v) is 1.42. The highest BCUT2D eigenvalue weighted by atomic mass is 19.1. The van der Waals surface area contributed by atoms with Gasteiger partial charge in [0.25, 0.3) is 5.91 Å². The maximum Gasteiger partial charge on any atom is 0.257 e. The van der Waals surface area contributed by atoms with Crippen LogP contribution in [0.5, 0.6) is 5.75 Å². The molecule has 0 radical (unpaired) electrons. The number of rotatable bonds is 7. The number of nitrogens with one attached hydrogen (secondary N) is 1. The van der Waals surface area contributed by atoms with Gasteiger partial charge in [-0.15, -0.1) is 0 Å². The van der Waals surface area contributed by atoms with Gasteiger partial charge in [-0.1, -0.05) is 0 Å². The van der Waals surface area contributed by atoms with Gasteiger partial charge in [-0.05, 0) is 25.0 Å². The molecule has 0 aromatic heterocycles. The van der Waals surface area contributed by atoms with Gasteiger partial charge in [0.2, 0.25) is 0 Å². The van der Waals surface area contributed by atoms with Crippen molar-refractivity contribution in [3.05, 3.63) is 23.5 Å². The number of halogens is 1. The largest absolute Gasteiger partial charge is 0.481 e. The van der Waals surface area contributed by atoms with E-state index >= 15 is 0 Å². The van der Waals surface area contributed by atoms with E-state index in [0.717, 1.165) is 6.42 Å². The number of hydrogen-bond donors (Lipinski definition) is 2. The van der Waals surface area contributed by atoms with Crippen molar-refractivity contribution in [1.29, 1.82) is 0 Å². The molecule has 19 heavy (non-hydrogen) atoms. The molecule has 0 heterocycles. The van der Waals surface area contributed by atoms with Gasteiger partial charge in [-0.25, -0.2) is 4.39 Å². The minimum absolute atomic E-state index is 0.0266. The van der Waals surface area contributed by atoms with Gasteiger partial charge in [0.15, 0.2) is 18.2 Å². The lowest BCUT2D eigenvalue weighted by Gasteiger charge is -2.10. The molecule has 0 bridgehead atoms. The van der Waals surface area contributed by atoms with Crippen molar-refractivity contribution in [2.45, 2.75) is 13.3 Å². The molecule has 1 aromatic carbocycles. The van der Waals surface area contributed by atoms with Gasteiger partial charge in [0.1, 0.15) is 0 Å². The number of hydrogen-bond acceptors (Lipinski definition) is 4. The Morgan fingerprint density at radius 1 is 1.47 bits per heavy atom. The molecule has 3 N–H and O–H groups in total. The third kappa shape index (κ3) is 5.13. The van der Waals surface area contributed by atoms with E-state index in [1.54, 1.807) is 14.0 Å². The summed E-state index contributed by atoms with van der Waals surface area (Å²) >= 11 is 0. The Balaban J connectivity index is 2.40. The standard InChI is InChI=1S/C13H19FN2O3/c1-9-6-12(10(14)7-11(9)15)19-8-13(17)16-4-3-5-18-2/h6-7H,3-5,8,15H2,1-2H3,(H,16,17). The number of nitrogens with two attached hydrogens (primary N) is 1. The van der Waals surface area contributed by atoms with Crippen molar-refractivity contribution < 1.29 is 18.7 Å². The Bertz CT molecular complexity index is 438. The highest BCUT2D eigenvalue weighted by molar-refractivity contribution is 5.77. The van der Waals surface area contributed by atoms with Crippen LogP contribution in [0.15, 0.2) is 12.1 Å². The molecule has 0 spiro atoms. The summed E-state index contributed by atoms with van der Waals surface area (Å²) in [6.07, 6.45) is 0.720. The van der Waals surface area contributed by atoms with Crippen molar-refractivity contribution in [2.24, 2.45) is 0 Å². The SMILES string of the molecule is COCCCNC(=O)COc1cc(C)c(N)cc1F. The molecular weight excluding hydrogens is 251 g/mol. The first-order valence-electron chi connectivity index (χ1n) is 5.98. The van der Waals surface area contributed by atoms with E-state index < -0.39 is 5.82 Å². The van der Waals surface area contributed by atoms with Gasteiger partial charge < -0.3 is 20.5 Å². The number of benzene rings is 1. The van der Waals surface area contributed by atoms with Crippen LogP contribution in [-0.2, 0) is 9.53 Å². The maximum atomic E-state index is 13.5. The second-order valence-electron chi connectivity index (χ2n) is 4.12. The lowest BCUT2D eigenvalue weighted by atomic mass is 10.2. The fraction of sp³-hybridized carbons (Fsp3) is 0.462. The van der Waals surface area contributed by atoms with Crippen LogP contribution in [0.3, 0.4) is 0 Å². The van der Waals surface area contributed by atoms with Crippen molar-refractivity contribution in [2.75, 3.05) is 32.6 Å². The molecule has 0 saturated carbocycles. The van der Waals surface area contributed by atoms with Crippen LogP contribution in [-0.4, -0.2) is 32.8 Å². The van der Waals surface area contributed by atoms with Crippen LogP contribution in [0.25, 0.3) is 0 Å². The number of amides is 1. The molecule has 0 aliphatic rings. The molecular formula is C13H19FN2O3. The first-order valence-corrected chi connectivity index (χ1v) is 5.98. The van der Waals surface area contributed by atoms with Crippen molar-refractivity contribution in [3.63, 3.8) is 0 Å². The zero-order valence-electron chi connectivity index (χ0n) is 11.2. The van der Waals surface area contributed by atoms with E-state index in [4.69, 9.17) is 15.2 Å². The molecule has 6 heteroatoms. The molecule has 106 valence electrons. The summed E-state index contributed by atoms with van der Waals surface area (Å²) < 4.78 is 23.4. The van der Waals surface area contributed by atoms with Crippen LogP contribution < -0.4 is 15.8 Å². The lowest BCUT2D eigenvalue weighted by molar-refractivity contribution is -0.123. The second-order valence-corrected chi connectivity index (χ2v) is 4.12. The second kappa shape index (κ2) is 7.58. The molecule has 0 fully saturated rings. The normalized spacial score (nSPS) is 10.3. The number of aryl methyl sites for hydroxylation is 1. The number of carbonyl (C=O) groups is 1. The highest BCUT2D eigenvalue weighted by Gasteiger charge is 2.09. The Hall–Kier alpha value is -1.82. The van der Waals surface area contributed by atoms with E-state index in [0.29, 0.717) is 24.4 Å². The third-order valence-electron chi connectivity index (χ3n) is 2.53. The highest BCUT2D eigenvalue weighted by Crippen LogP contribution is 2.23. The first-order chi connectivity index (χ1) is 9.04. The minimum Gasteiger partial charge on any atom is -0.481 e. The Kier molecular flexibility index (Phi) is 6.08. The van der Waals surface area contributed by atoms with E-state index in [9.17, 15) is 9.18 Å². The average Bonchev–Trinajstić information content (AvgIpc) is 2.37. The van der Waals surface area contributed by atoms with E-state index in [-0.39, 0.29) is 18.3 Å². The van der Waals surface area contributed by atoms with Crippen LogP contribution in [0.4, 0.5) is 10.1 Å². The van der Waals surface area contributed by atoms with Gasteiger partial charge in [0, 0.05) is 32.0 Å². The van der Waals surface area contributed by atoms with Crippen LogP contribution >= 0.6 is 0 Å². The van der Waals surface area contributed by atoms with Crippen LogP contribution in [0.2, 0.25) is 0 Å². The smallest absolute Gasteiger partial charge is 0.257 e. The summed E-state index contributed by atoms with van der Waals surface area (Å²) in [6.45, 7) is 2.59. The molecule has 1 amide bonds.